The summed E-state index contributed by atoms with van der Waals surface area (Å²) in [5.41, 5.74) is 1.06. The van der Waals surface area contributed by atoms with E-state index in [1.165, 1.54) is 11.3 Å². The van der Waals surface area contributed by atoms with Crippen molar-refractivity contribution in [1.82, 2.24) is 9.62 Å². The smallest absolute Gasteiger partial charge is 0.252 e. The maximum absolute atomic E-state index is 12.6. The van der Waals surface area contributed by atoms with Gasteiger partial charge in [-0.2, -0.15) is 4.31 Å². The van der Waals surface area contributed by atoms with Crippen molar-refractivity contribution in [3.05, 3.63) is 17.0 Å². The van der Waals surface area contributed by atoms with Crippen LogP contribution in [0.2, 0.25) is 0 Å². The molecule has 0 aromatic carbocycles. The Labute approximate surface area is 126 Å². The Morgan fingerprint density at radius 2 is 2.10 bits per heavy atom. The highest BCUT2D eigenvalue weighted by Gasteiger charge is 2.29. The first-order chi connectivity index (χ1) is 9.54. The van der Waals surface area contributed by atoms with Crippen molar-refractivity contribution in [2.75, 3.05) is 19.6 Å². The summed E-state index contributed by atoms with van der Waals surface area (Å²) in [6.07, 6.45) is 3.02. The molecule has 1 aliphatic rings. The Morgan fingerprint density at radius 1 is 1.40 bits per heavy atom. The second kappa shape index (κ2) is 7.02. The van der Waals surface area contributed by atoms with Crippen LogP contribution in [0, 0.1) is 5.92 Å². The van der Waals surface area contributed by atoms with Gasteiger partial charge in [0.05, 0.1) is 0 Å². The molecule has 1 aliphatic heterocycles. The summed E-state index contributed by atoms with van der Waals surface area (Å²) >= 11 is 1.34. The van der Waals surface area contributed by atoms with Gasteiger partial charge in [0.15, 0.2) is 0 Å². The van der Waals surface area contributed by atoms with E-state index < -0.39 is 10.0 Å². The molecule has 2 heterocycles. The number of rotatable bonds is 6. The molecule has 114 valence electrons. The first-order valence-electron chi connectivity index (χ1n) is 7.32. The summed E-state index contributed by atoms with van der Waals surface area (Å²) in [7, 11) is -3.27. The summed E-state index contributed by atoms with van der Waals surface area (Å²) in [6.45, 7) is 7.33. The molecule has 0 atom stereocenters. The van der Waals surface area contributed by atoms with Crippen molar-refractivity contribution < 1.29 is 8.42 Å². The maximum Gasteiger partial charge on any atom is 0.252 e. The fourth-order valence-corrected chi connectivity index (χ4v) is 5.17. The van der Waals surface area contributed by atoms with E-state index >= 15 is 0 Å². The lowest BCUT2D eigenvalue weighted by atomic mass is 10.0. The molecule has 6 heteroatoms. The van der Waals surface area contributed by atoms with E-state index in [9.17, 15) is 8.42 Å². The largest absolute Gasteiger partial charge is 0.313 e. The molecule has 0 bridgehead atoms. The first-order valence-corrected chi connectivity index (χ1v) is 9.64. The van der Waals surface area contributed by atoms with Gasteiger partial charge >= 0.3 is 0 Å². The SMILES string of the molecule is CCCNCc1csc(S(=O)(=O)N2CCC(C)CC2)c1. The molecule has 1 fully saturated rings. The fraction of sp³-hybridized carbons (Fsp3) is 0.714. The molecule has 0 radical (unpaired) electrons. The lowest BCUT2D eigenvalue weighted by molar-refractivity contribution is 0.288. The van der Waals surface area contributed by atoms with E-state index in [0.717, 1.165) is 37.9 Å². The first kappa shape index (κ1) is 15.9. The third kappa shape index (κ3) is 3.81. The van der Waals surface area contributed by atoms with Crippen molar-refractivity contribution in [2.45, 2.75) is 43.9 Å². The molecule has 1 saturated heterocycles. The average Bonchev–Trinajstić information content (AvgIpc) is 2.89. The highest BCUT2D eigenvalue weighted by Crippen LogP contribution is 2.27. The normalized spacial score (nSPS) is 18.5. The number of thiophene rings is 1. The molecule has 0 unspecified atom stereocenters. The predicted molar refractivity (Wildman–Crippen MR) is 83.5 cm³/mol. The number of nitrogens with one attached hydrogen (secondary N) is 1. The van der Waals surface area contributed by atoms with Crippen molar-refractivity contribution in [2.24, 2.45) is 5.92 Å². The van der Waals surface area contributed by atoms with Gasteiger partial charge in [0, 0.05) is 19.6 Å². The summed E-state index contributed by atoms with van der Waals surface area (Å²) in [6, 6.07) is 1.82. The quantitative estimate of drug-likeness (QED) is 0.821. The molecule has 0 spiro atoms. The Bertz CT molecular complexity index is 517. The summed E-state index contributed by atoms with van der Waals surface area (Å²) in [5, 5.41) is 5.25. The van der Waals surface area contributed by atoms with Gasteiger partial charge in [-0.15, -0.1) is 11.3 Å². The van der Waals surface area contributed by atoms with E-state index in [2.05, 4.69) is 19.2 Å². The second-order valence-corrected chi connectivity index (χ2v) is 8.61. The molecule has 0 aliphatic carbocycles. The van der Waals surface area contributed by atoms with Gasteiger partial charge in [-0.25, -0.2) is 8.42 Å². The highest BCUT2D eigenvalue weighted by atomic mass is 32.2. The van der Waals surface area contributed by atoms with Gasteiger partial charge in [0.25, 0.3) is 10.0 Å². The zero-order valence-corrected chi connectivity index (χ0v) is 13.9. The van der Waals surface area contributed by atoms with Gasteiger partial charge in [-0.1, -0.05) is 13.8 Å². The molecule has 1 aromatic heterocycles. The Hall–Kier alpha value is -0.430. The number of hydrogen-bond donors (Lipinski definition) is 1. The molecule has 0 amide bonds. The van der Waals surface area contributed by atoms with E-state index in [-0.39, 0.29) is 0 Å². The van der Waals surface area contributed by atoms with Crippen LogP contribution in [0.3, 0.4) is 0 Å². The van der Waals surface area contributed by atoms with Crippen LogP contribution >= 0.6 is 11.3 Å². The van der Waals surface area contributed by atoms with Crippen LogP contribution < -0.4 is 5.32 Å². The van der Waals surface area contributed by atoms with Gasteiger partial charge in [-0.3, -0.25) is 0 Å². The monoisotopic (exact) mass is 316 g/mol. The molecule has 4 nitrogen and oxygen atoms in total. The van der Waals surface area contributed by atoms with Crippen LogP contribution in [-0.2, 0) is 16.6 Å². The van der Waals surface area contributed by atoms with Crippen LogP contribution in [0.5, 0.6) is 0 Å². The van der Waals surface area contributed by atoms with Crippen molar-refractivity contribution in [1.29, 1.82) is 0 Å². The van der Waals surface area contributed by atoms with E-state index in [0.29, 0.717) is 23.2 Å². The van der Waals surface area contributed by atoms with Gasteiger partial charge in [-0.05, 0) is 48.7 Å². The van der Waals surface area contributed by atoms with Gasteiger partial charge < -0.3 is 5.32 Å². The lowest BCUT2D eigenvalue weighted by Gasteiger charge is -2.28. The summed E-state index contributed by atoms with van der Waals surface area (Å²) in [4.78, 5) is 0. The summed E-state index contributed by atoms with van der Waals surface area (Å²) in [5.74, 6) is 0.638. The average molecular weight is 316 g/mol. The van der Waals surface area contributed by atoms with Crippen LogP contribution in [0.1, 0.15) is 38.7 Å². The predicted octanol–water partition coefficient (Wildman–Crippen LogP) is 2.67. The zero-order chi connectivity index (χ0) is 14.6. The molecule has 20 heavy (non-hydrogen) atoms. The molecular weight excluding hydrogens is 292 g/mol. The van der Waals surface area contributed by atoms with Crippen LogP contribution in [-0.4, -0.2) is 32.4 Å². The standard InChI is InChI=1S/C14H24N2O2S2/c1-3-6-15-10-13-9-14(19-11-13)20(17,18)16-7-4-12(2)5-8-16/h9,11-12,15H,3-8,10H2,1-2H3. The van der Waals surface area contributed by atoms with Crippen LogP contribution in [0.4, 0.5) is 0 Å². The molecule has 1 aromatic rings. The lowest BCUT2D eigenvalue weighted by Crippen LogP contribution is -2.37. The third-order valence-corrected chi connectivity index (χ3v) is 7.08. The zero-order valence-electron chi connectivity index (χ0n) is 12.3. The minimum absolute atomic E-state index is 0.486. The number of hydrogen-bond acceptors (Lipinski definition) is 4. The summed E-state index contributed by atoms with van der Waals surface area (Å²) < 4.78 is 27.2. The number of sulfonamides is 1. The van der Waals surface area contributed by atoms with E-state index in [1.807, 2.05) is 11.4 Å². The van der Waals surface area contributed by atoms with Gasteiger partial charge in [0.1, 0.15) is 4.21 Å². The minimum Gasteiger partial charge on any atom is -0.313 e. The molecule has 2 rings (SSSR count). The van der Waals surface area contributed by atoms with Crippen molar-refractivity contribution in [3.8, 4) is 0 Å². The third-order valence-electron chi connectivity index (χ3n) is 3.72. The number of nitrogens with zero attached hydrogens (tertiary/aromatic N) is 1. The Kier molecular flexibility index (Phi) is 5.60. The second-order valence-electron chi connectivity index (χ2n) is 5.54. The number of piperidine rings is 1. The fourth-order valence-electron chi connectivity index (χ4n) is 2.34. The molecule has 1 N–H and O–H groups in total. The Balaban J connectivity index is 2.02. The van der Waals surface area contributed by atoms with Crippen LogP contribution in [0.25, 0.3) is 0 Å². The van der Waals surface area contributed by atoms with Crippen molar-refractivity contribution >= 4 is 21.4 Å². The van der Waals surface area contributed by atoms with E-state index in [1.54, 1.807) is 4.31 Å². The van der Waals surface area contributed by atoms with E-state index in [4.69, 9.17) is 0 Å². The maximum atomic E-state index is 12.6. The van der Waals surface area contributed by atoms with Crippen LogP contribution in [0.15, 0.2) is 15.7 Å². The molecular formula is C14H24N2O2S2. The Morgan fingerprint density at radius 3 is 2.75 bits per heavy atom. The minimum atomic E-state index is -3.27. The molecule has 0 saturated carbocycles. The van der Waals surface area contributed by atoms with Crippen molar-refractivity contribution in [3.63, 3.8) is 0 Å². The topological polar surface area (TPSA) is 49.4 Å². The highest BCUT2D eigenvalue weighted by molar-refractivity contribution is 7.91. The van der Waals surface area contributed by atoms with Gasteiger partial charge in [0.2, 0.25) is 0 Å².